The van der Waals surface area contributed by atoms with Gasteiger partial charge >= 0.3 is 23.9 Å². The molecule has 89 heavy (non-hydrogen) atoms. The fraction of sp³-hybridized carbons (Fsp3) is 0.661. The Bertz CT molecular complexity index is 2670. The SMILES string of the molecule is CC(C)CC/C=C\C=C\C(=O)N[C@H](C(=O)N[C@@H]1C(=O)N[C@H](C(C)C)C(=O)N[C@@H](CCCCN)C(=O)N[C@@H](C(O)C(=O)O)C(=O)N[C@@H](CC(=O)O)C(=O)NC(O)C(=O)N[C@H](C(C)C(=O)O)C(=O)N[C@@H](C(C)C)C(=O)N2C[C@H](C)C[C@H]2C(=O)NC1C)C(C)C(=O)O. The van der Waals surface area contributed by atoms with E-state index in [4.69, 9.17) is 5.73 Å². The maximum atomic E-state index is 14.8. The third kappa shape index (κ3) is 23.8. The molecule has 2 saturated heterocycles. The van der Waals surface area contributed by atoms with Gasteiger partial charge in [-0.3, -0.25) is 67.1 Å². The highest BCUT2D eigenvalue weighted by molar-refractivity contribution is 6.02. The molecule has 5 unspecified atom stereocenters. The number of aliphatic hydroxyl groups is 2. The molecule has 2 rings (SSSR count). The van der Waals surface area contributed by atoms with Crippen molar-refractivity contribution < 1.29 is 103 Å². The van der Waals surface area contributed by atoms with Crippen LogP contribution in [0.1, 0.15) is 114 Å². The summed E-state index contributed by atoms with van der Waals surface area (Å²) in [5.41, 5.74) is 5.68. The Kier molecular flexibility index (Phi) is 31.0. The molecule has 0 saturated carbocycles. The normalized spacial score (nSPS) is 26.6. The summed E-state index contributed by atoms with van der Waals surface area (Å²) in [5, 5.41) is 83.2. The van der Waals surface area contributed by atoms with Crippen LogP contribution in [0, 0.1) is 35.5 Å². The average molecular weight is 1270 g/mol. The van der Waals surface area contributed by atoms with Crippen molar-refractivity contribution in [2.45, 2.75) is 187 Å². The number of carbonyl (C=O) groups is 15. The lowest BCUT2D eigenvalue weighted by molar-refractivity contribution is -0.153. The molecule has 0 aromatic carbocycles. The van der Waals surface area contributed by atoms with Crippen LogP contribution >= 0.6 is 0 Å². The number of nitrogens with zero attached hydrogens (tertiary/aromatic N) is 1. The molecule has 2 aliphatic heterocycles. The number of amides is 11. The number of allylic oxidation sites excluding steroid dienone is 3. The number of fused-ring (bicyclic) bond motifs is 1. The van der Waals surface area contributed by atoms with Crippen molar-refractivity contribution in [3.05, 3.63) is 24.3 Å². The quantitative estimate of drug-likeness (QED) is 0.0276. The summed E-state index contributed by atoms with van der Waals surface area (Å²) < 4.78 is 0. The van der Waals surface area contributed by atoms with Crippen molar-refractivity contribution in [3.8, 4) is 0 Å². The van der Waals surface area contributed by atoms with Gasteiger partial charge in [0, 0.05) is 12.6 Å². The number of carbonyl (C=O) groups excluding carboxylic acids is 11. The molecule has 33 heteroatoms. The summed E-state index contributed by atoms with van der Waals surface area (Å²) in [6.07, 6.45) is -0.0179. The minimum atomic E-state index is -2.89. The summed E-state index contributed by atoms with van der Waals surface area (Å²) in [6.45, 7) is 14.6. The third-order valence-corrected chi connectivity index (χ3v) is 14.6. The first-order valence-corrected chi connectivity index (χ1v) is 29.1. The highest BCUT2D eigenvalue weighted by Gasteiger charge is 2.46. The molecule has 498 valence electrons. The number of rotatable bonds is 22. The zero-order chi connectivity index (χ0) is 67.9. The first-order chi connectivity index (χ1) is 41.4. The van der Waals surface area contributed by atoms with Crippen LogP contribution in [0.2, 0.25) is 0 Å². The van der Waals surface area contributed by atoms with Gasteiger partial charge in [0.2, 0.25) is 65.3 Å². The minimum absolute atomic E-state index is 0.0345. The topological polar surface area (TPSA) is 527 Å². The number of nitrogens with one attached hydrogen (secondary N) is 10. The molecule has 0 bridgehead atoms. The van der Waals surface area contributed by atoms with Gasteiger partial charge in [0.1, 0.15) is 54.4 Å². The van der Waals surface area contributed by atoms with Gasteiger partial charge in [-0.2, -0.15) is 0 Å². The van der Waals surface area contributed by atoms with E-state index in [1.807, 2.05) is 29.8 Å². The van der Waals surface area contributed by atoms with E-state index in [0.29, 0.717) is 12.3 Å². The highest BCUT2D eigenvalue weighted by atomic mass is 16.4. The van der Waals surface area contributed by atoms with Gasteiger partial charge in [0.05, 0.1) is 24.3 Å². The van der Waals surface area contributed by atoms with Crippen molar-refractivity contribution >= 4 is 88.9 Å². The second kappa shape index (κ2) is 36.0. The van der Waals surface area contributed by atoms with E-state index < -0.39 is 198 Å². The summed E-state index contributed by atoms with van der Waals surface area (Å²) in [4.78, 5) is 205. The number of unbranched alkanes of at least 4 members (excludes halogenated alkanes) is 1. The average Bonchev–Trinajstić information content (AvgIpc) is 2.20. The Morgan fingerprint density at radius 2 is 1.18 bits per heavy atom. The van der Waals surface area contributed by atoms with Gasteiger partial charge in [-0.25, -0.2) is 4.79 Å². The Hall–Kier alpha value is -8.59. The Morgan fingerprint density at radius 1 is 0.629 bits per heavy atom. The van der Waals surface area contributed by atoms with E-state index in [9.17, 15) is 103 Å². The summed E-state index contributed by atoms with van der Waals surface area (Å²) >= 11 is 0. The third-order valence-electron chi connectivity index (χ3n) is 14.6. The molecule has 33 nitrogen and oxygen atoms in total. The molecular formula is C56H88N12O21. The number of hydrogen-bond donors (Lipinski definition) is 17. The molecule has 2 fully saturated rings. The first kappa shape index (κ1) is 76.5. The molecule has 0 aromatic heterocycles. The van der Waals surface area contributed by atoms with Gasteiger partial charge in [-0.05, 0) is 89.5 Å². The summed E-state index contributed by atoms with van der Waals surface area (Å²) in [7, 11) is 0. The molecule has 15 atom stereocenters. The Morgan fingerprint density at radius 3 is 1.73 bits per heavy atom. The van der Waals surface area contributed by atoms with Crippen molar-refractivity contribution in [2.24, 2.45) is 41.2 Å². The molecule has 11 amide bonds. The van der Waals surface area contributed by atoms with Crippen molar-refractivity contribution in [1.29, 1.82) is 0 Å². The lowest BCUT2D eigenvalue weighted by Crippen LogP contribution is -2.66. The predicted octanol–water partition coefficient (Wildman–Crippen LogP) is -4.59. The molecule has 0 spiro atoms. The Labute approximate surface area is 513 Å². The van der Waals surface area contributed by atoms with Gasteiger partial charge < -0.3 is 94.4 Å². The lowest BCUT2D eigenvalue weighted by Gasteiger charge is -2.34. The predicted molar refractivity (Wildman–Crippen MR) is 311 cm³/mol. The van der Waals surface area contributed by atoms with E-state index in [1.54, 1.807) is 24.4 Å². The van der Waals surface area contributed by atoms with Crippen LogP contribution in [0.15, 0.2) is 24.3 Å². The van der Waals surface area contributed by atoms with Crippen LogP contribution in [-0.2, 0) is 71.9 Å². The van der Waals surface area contributed by atoms with Gasteiger partial charge in [-0.15, -0.1) is 0 Å². The summed E-state index contributed by atoms with van der Waals surface area (Å²) in [6, 6.07) is -19.2. The number of carboxylic acid groups (broad SMARTS) is 4. The number of aliphatic hydroxyl groups excluding tert-OH is 2. The van der Waals surface area contributed by atoms with Crippen LogP contribution in [0.4, 0.5) is 0 Å². The van der Waals surface area contributed by atoms with Crippen LogP contribution in [-0.4, -0.2) is 210 Å². The molecular weight excluding hydrogens is 1180 g/mol. The van der Waals surface area contributed by atoms with Crippen LogP contribution in [0.3, 0.4) is 0 Å². The monoisotopic (exact) mass is 1260 g/mol. The molecule has 18 N–H and O–H groups in total. The van der Waals surface area contributed by atoms with E-state index in [1.165, 1.54) is 40.7 Å². The largest absolute Gasteiger partial charge is 0.481 e. The van der Waals surface area contributed by atoms with Gasteiger partial charge in [-0.1, -0.05) is 66.7 Å². The molecule has 2 aliphatic rings. The zero-order valence-corrected chi connectivity index (χ0v) is 51.4. The fourth-order valence-corrected chi connectivity index (χ4v) is 9.27. The van der Waals surface area contributed by atoms with Crippen molar-refractivity contribution in [1.82, 2.24) is 58.1 Å². The number of aliphatic carboxylic acids is 4. The number of carboxylic acids is 4. The maximum Gasteiger partial charge on any atom is 0.335 e. The molecule has 0 aromatic rings. The second-order valence-corrected chi connectivity index (χ2v) is 23.3. The van der Waals surface area contributed by atoms with E-state index >= 15 is 0 Å². The standard InChI is InChI=1S/C56H88N12O21/c1-24(2)17-13-11-12-14-19-34(69)61-38(28(8)54(84)85)47(77)65-40-30(10)58-45(75)33-21-27(7)23-68(33)53(83)37(26(5)6)63-48(78)39(29(9)55(86)87)64-51(81)52(82)67-44(74)32(22-35(70)71)60-50(80)41(42(72)56(88)89)66-43(73)31(18-15-16-20-57)59-46(76)36(25(3)4)62-49(40)79/h11-12,14,19,24-33,36-42,52,72,82H,13,15-18,20-23,57H2,1-10H3,(H,58,75)(H,59,76)(H,60,80)(H,61,69)(H,62,79)(H,63,78)(H,64,81)(H,65,77)(H,66,73)(H,67,74)(H,70,71)(H,84,85)(H,86,87)(H,88,89)/b12-11-,19-14+/t27-,28?,29?,30?,31+,32+,33+,36-,37+,38+,39-,40+,41+,42?,52?/m1/s1. The highest BCUT2D eigenvalue weighted by Crippen LogP contribution is 2.26. The molecule has 2 heterocycles. The summed E-state index contributed by atoms with van der Waals surface area (Å²) in [5.74, 6) is -27.2. The van der Waals surface area contributed by atoms with Crippen LogP contribution in [0.25, 0.3) is 0 Å². The van der Waals surface area contributed by atoms with Crippen molar-refractivity contribution in [3.63, 3.8) is 0 Å². The fourth-order valence-electron chi connectivity index (χ4n) is 9.27. The van der Waals surface area contributed by atoms with Crippen molar-refractivity contribution in [2.75, 3.05) is 13.1 Å². The smallest absolute Gasteiger partial charge is 0.335 e. The minimum Gasteiger partial charge on any atom is -0.481 e. The Balaban J connectivity index is 3.00. The molecule has 0 radical (unpaired) electrons. The van der Waals surface area contributed by atoms with Crippen LogP contribution < -0.4 is 58.9 Å². The van der Waals surface area contributed by atoms with E-state index in [2.05, 4.69) is 31.9 Å². The number of hydrogen-bond acceptors (Lipinski definition) is 18. The van der Waals surface area contributed by atoms with Gasteiger partial charge in [0.25, 0.3) is 5.91 Å². The lowest BCUT2D eigenvalue weighted by atomic mass is 9.97. The molecule has 0 aliphatic carbocycles. The number of nitrogens with two attached hydrogens (primary N) is 1. The first-order valence-electron chi connectivity index (χ1n) is 29.1. The maximum absolute atomic E-state index is 14.8. The van der Waals surface area contributed by atoms with Gasteiger partial charge in [0.15, 0.2) is 6.10 Å². The second-order valence-electron chi connectivity index (χ2n) is 23.3. The zero-order valence-electron chi connectivity index (χ0n) is 51.4. The van der Waals surface area contributed by atoms with E-state index in [-0.39, 0.29) is 38.8 Å². The van der Waals surface area contributed by atoms with Crippen LogP contribution in [0.5, 0.6) is 0 Å². The van der Waals surface area contributed by atoms with E-state index in [0.717, 1.165) is 31.2 Å².